The predicted molar refractivity (Wildman–Crippen MR) is 117 cm³/mol. The van der Waals surface area contributed by atoms with Gasteiger partial charge >= 0.3 is 0 Å². The number of sulfonamides is 1. The van der Waals surface area contributed by atoms with E-state index in [4.69, 9.17) is 12.2 Å². The van der Waals surface area contributed by atoms with E-state index in [1.54, 1.807) is 24.6 Å². The van der Waals surface area contributed by atoms with Crippen molar-refractivity contribution in [3.63, 3.8) is 0 Å². The molecule has 3 N–H and O–H groups in total. The zero-order valence-corrected chi connectivity index (χ0v) is 18.9. The molecule has 2 aromatic rings. The fourth-order valence-corrected chi connectivity index (χ4v) is 5.69. The summed E-state index contributed by atoms with van der Waals surface area (Å²) in [6.07, 6.45) is 4.28. The standard InChI is InChI=1S/C17H22N4O3S4/c1-4-12(16-19-7-8-27-16)20-15(22)10-11-5-6-13(26-3)14(9-11)28(23,24)21-17(25)18-2/h5-9,12H,4,10H2,1-3H3,(H,20,22)(H2,18,21,25). The molecule has 0 aliphatic carbocycles. The van der Waals surface area contributed by atoms with Gasteiger partial charge in [-0.05, 0) is 42.6 Å². The Morgan fingerprint density at radius 3 is 2.71 bits per heavy atom. The maximum absolute atomic E-state index is 12.6. The minimum absolute atomic E-state index is 0.00411. The van der Waals surface area contributed by atoms with E-state index in [0.717, 1.165) is 11.4 Å². The molecule has 0 saturated carbocycles. The topological polar surface area (TPSA) is 100 Å². The van der Waals surface area contributed by atoms with Crippen molar-refractivity contribution in [2.24, 2.45) is 0 Å². The molecule has 0 fully saturated rings. The average Bonchev–Trinajstić information content (AvgIpc) is 3.20. The minimum Gasteiger partial charge on any atom is -0.365 e. The second-order valence-corrected chi connectivity index (χ2v) is 9.58. The van der Waals surface area contributed by atoms with E-state index in [1.807, 2.05) is 12.3 Å². The van der Waals surface area contributed by atoms with Crippen LogP contribution in [0.25, 0.3) is 0 Å². The summed E-state index contributed by atoms with van der Waals surface area (Å²) in [6.45, 7) is 1.97. The molecule has 1 heterocycles. The number of thiazole rings is 1. The van der Waals surface area contributed by atoms with Gasteiger partial charge in [0.25, 0.3) is 10.0 Å². The van der Waals surface area contributed by atoms with Crippen molar-refractivity contribution in [1.82, 2.24) is 20.3 Å². The van der Waals surface area contributed by atoms with Crippen molar-refractivity contribution >= 4 is 56.4 Å². The molecule has 1 unspecified atom stereocenters. The van der Waals surface area contributed by atoms with Crippen LogP contribution in [0.2, 0.25) is 0 Å². The monoisotopic (exact) mass is 458 g/mol. The minimum atomic E-state index is -3.85. The molecule has 0 aliphatic rings. The molecule has 1 aromatic carbocycles. The third kappa shape index (κ3) is 5.90. The van der Waals surface area contributed by atoms with Gasteiger partial charge in [-0.15, -0.1) is 23.1 Å². The molecule has 1 amide bonds. The average molecular weight is 459 g/mol. The van der Waals surface area contributed by atoms with Crippen LogP contribution in [0, 0.1) is 0 Å². The van der Waals surface area contributed by atoms with Crippen molar-refractivity contribution in [3.05, 3.63) is 40.3 Å². The van der Waals surface area contributed by atoms with Gasteiger partial charge in [-0.2, -0.15) is 0 Å². The van der Waals surface area contributed by atoms with Crippen LogP contribution in [0.3, 0.4) is 0 Å². The number of rotatable bonds is 8. The van der Waals surface area contributed by atoms with Gasteiger partial charge < -0.3 is 10.6 Å². The van der Waals surface area contributed by atoms with Crippen molar-refractivity contribution < 1.29 is 13.2 Å². The Kier molecular flexibility index (Phi) is 8.23. The summed E-state index contributed by atoms with van der Waals surface area (Å²) >= 11 is 7.70. The molecule has 0 radical (unpaired) electrons. The van der Waals surface area contributed by atoms with Crippen LogP contribution in [-0.4, -0.2) is 37.7 Å². The molecule has 1 aromatic heterocycles. The number of carbonyl (C=O) groups is 1. The van der Waals surface area contributed by atoms with Gasteiger partial charge in [-0.1, -0.05) is 13.0 Å². The van der Waals surface area contributed by atoms with Crippen LogP contribution in [0.1, 0.15) is 30.0 Å². The van der Waals surface area contributed by atoms with Crippen LogP contribution < -0.4 is 15.4 Å². The molecule has 28 heavy (non-hydrogen) atoms. The quantitative estimate of drug-likeness (QED) is 0.413. The molecule has 0 spiro atoms. The number of thioether (sulfide) groups is 1. The number of carbonyl (C=O) groups excluding carboxylic acids is 1. The Balaban J connectivity index is 2.20. The fourth-order valence-electron chi connectivity index (χ4n) is 2.44. The first-order valence-corrected chi connectivity index (χ1v) is 12.4. The molecular formula is C17H22N4O3S4. The summed E-state index contributed by atoms with van der Waals surface area (Å²) < 4.78 is 27.6. The van der Waals surface area contributed by atoms with Gasteiger partial charge in [0.05, 0.1) is 12.5 Å². The number of nitrogens with one attached hydrogen (secondary N) is 3. The smallest absolute Gasteiger partial charge is 0.264 e. The second kappa shape index (κ2) is 10.2. The third-order valence-electron chi connectivity index (χ3n) is 3.83. The number of amides is 1. The highest BCUT2D eigenvalue weighted by molar-refractivity contribution is 7.99. The number of thiocarbonyl (C=S) groups is 1. The molecule has 0 bridgehead atoms. The Morgan fingerprint density at radius 2 is 2.14 bits per heavy atom. The van der Waals surface area contributed by atoms with Gasteiger partial charge in [0, 0.05) is 23.5 Å². The fraction of sp³-hybridized carbons (Fsp3) is 0.353. The van der Waals surface area contributed by atoms with E-state index in [9.17, 15) is 13.2 Å². The van der Waals surface area contributed by atoms with Crippen LogP contribution in [-0.2, 0) is 21.2 Å². The first kappa shape index (κ1) is 22.6. The zero-order valence-electron chi connectivity index (χ0n) is 15.7. The van der Waals surface area contributed by atoms with Gasteiger partial charge in [0.15, 0.2) is 5.11 Å². The summed E-state index contributed by atoms with van der Waals surface area (Å²) in [5, 5.41) is 8.25. The van der Waals surface area contributed by atoms with E-state index in [1.165, 1.54) is 36.2 Å². The Bertz CT molecular complexity index is 930. The molecule has 1 atom stereocenters. The first-order chi connectivity index (χ1) is 13.3. The summed E-state index contributed by atoms with van der Waals surface area (Å²) in [4.78, 5) is 17.4. The third-order valence-corrected chi connectivity index (χ3v) is 7.47. The van der Waals surface area contributed by atoms with Gasteiger partial charge in [0.1, 0.15) is 9.90 Å². The van der Waals surface area contributed by atoms with Crippen LogP contribution in [0.5, 0.6) is 0 Å². The van der Waals surface area contributed by atoms with Crippen LogP contribution >= 0.6 is 35.3 Å². The van der Waals surface area contributed by atoms with Crippen molar-refractivity contribution in [1.29, 1.82) is 0 Å². The summed E-state index contributed by atoms with van der Waals surface area (Å²) in [5.41, 5.74) is 0.597. The van der Waals surface area contributed by atoms with E-state index < -0.39 is 10.0 Å². The number of hydrogen-bond donors (Lipinski definition) is 3. The number of aromatic nitrogens is 1. The Labute approximate surface area is 178 Å². The molecular weight excluding hydrogens is 436 g/mol. The lowest BCUT2D eigenvalue weighted by Gasteiger charge is -2.16. The van der Waals surface area contributed by atoms with E-state index >= 15 is 0 Å². The van der Waals surface area contributed by atoms with E-state index in [0.29, 0.717) is 10.5 Å². The molecule has 7 nitrogen and oxygen atoms in total. The molecule has 0 aliphatic heterocycles. The summed E-state index contributed by atoms with van der Waals surface area (Å²) in [6, 6.07) is 4.81. The summed E-state index contributed by atoms with van der Waals surface area (Å²) in [7, 11) is -2.32. The van der Waals surface area contributed by atoms with Crippen LogP contribution in [0.4, 0.5) is 0 Å². The lowest BCUT2D eigenvalue weighted by molar-refractivity contribution is -0.121. The van der Waals surface area contributed by atoms with Gasteiger partial charge in [0.2, 0.25) is 5.91 Å². The number of hydrogen-bond acceptors (Lipinski definition) is 7. The largest absolute Gasteiger partial charge is 0.365 e. The Hall–Kier alpha value is -1.69. The molecule has 0 saturated heterocycles. The lowest BCUT2D eigenvalue weighted by Crippen LogP contribution is -2.37. The summed E-state index contributed by atoms with van der Waals surface area (Å²) in [5.74, 6) is -0.194. The molecule has 152 valence electrons. The maximum Gasteiger partial charge on any atom is 0.264 e. The van der Waals surface area contributed by atoms with Crippen molar-refractivity contribution in [2.75, 3.05) is 13.3 Å². The van der Waals surface area contributed by atoms with Gasteiger partial charge in [-0.3, -0.25) is 9.52 Å². The predicted octanol–water partition coefficient (Wildman–Crippen LogP) is 2.46. The number of benzene rings is 1. The van der Waals surface area contributed by atoms with Crippen molar-refractivity contribution in [2.45, 2.75) is 35.6 Å². The highest BCUT2D eigenvalue weighted by Gasteiger charge is 2.21. The van der Waals surface area contributed by atoms with E-state index in [2.05, 4.69) is 20.3 Å². The molecule has 2 rings (SSSR count). The maximum atomic E-state index is 12.6. The van der Waals surface area contributed by atoms with Gasteiger partial charge in [-0.25, -0.2) is 13.4 Å². The van der Waals surface area contributed by atoms with Crippen LogP contribution in [0.15, 0.2) is 39.6 Å². The molecule has 11 heteroatoms. The Morgan fingerprint density at radius 1 is 1.39 bits per heavy atom. The van der Waals surface area contributed by atoms with E-state index in [-0.39, 0.29) is 28.4 Å². The SMILES string of the molecule is CCC(NC(=O)Cc1ccc(SC)c(S(=O)(=O)NC(=S)NC)c1)c1nccs1. The highest BCUT2D eigenvalue weighted by Crippen LogP contribution is 2.26. The lowest BCUT2D eigenvalue weighted by atomic mass is 10.1. The first-order valence-electron chi connectivity index (χ1n) is 8.41. The number of nitrogens with zero attached hydrogens (tertiary/aromatic N) is 1. The van der Waals surface area contributed by atoms with Crippen molar-refractivity contribution in [3.8, 4) is 0 Å². The normalized spacial score (nSPS) is 12.2. The second-order valence-electron chi connectivity index (χ2n) is 5.75. The highest BCUT2D eigenvalue weighted by atomic mass is 32.2. The zero-order chi connectivity index (χ0) is 20.7.